The van der Waals surface area contributed by atoms with Gasteiger partial charge in [-0.05, 0) is 34.2 Å². The van der Waals surface area contributed by atoms with Crippen LogP contribution in [0.3, 0.4) is 0 Å². The molecule has 1 rings (SSSR count). The second-order valence-corrected chi connectivity index (χ2v) is 4.02. The predicted molar refractivity (Wildman–Crippen MR) is 60.4 cm³/mol. The second-order valence-electron chi connectivity index (χ2n) is 2.65. The smallest absolute Gasteiger partial charge is 0.481 e. The molecule has 0 saturated heterocycles. The largest absolute Gasteiger partial charge is 0.573 e. The molecule has 0 fully saturated rings. The van der Waals surface area contributed by atoms with Crippen molar-refractivity contribution in [1.82, 2.24) is 4.98 Å². The Labute approximate surface area is 112 Å². The van der Waals surface area contributed by atoms with Crippen LogP contribution in [0.25, 0.3) is 0 Å². The molecule has 1 aromatic heterocycles. The first-order valence-corrected chi connectivity index (χ1v) is 5.40. The lowest BCUT2D eigenvalue weighted by atomic mass is 10.3. The van der Waals surface area contributed by atoms with Gasteiger partial charge in [0, 0.05) is 6.07 Å². The van der Waals surface area contributed by atoms with Gasteiger partial charge in [0.1, 0.15) is 15.0 Å². The molecular formula is C8H4ClF3INO3. The fraction of sp³-hybridized carbons (Fsp3) is 0.250. The van der Waals surface area contributed by atoms with Crippen LogP contribution in [0.1, 0.15) is 10.4 Å². The normalized spacial score (nSPS) is 11.2. The van der Waals surface area contributed by atoms with Crippen molar-refractivity contribution in [2.45, 2.75) is 6.36 Å². The summed E-state index contributed by atoms with van der Waals surface area (Å²) < 4.78 is 44.6. The lowest BCUT2D eigenvalue weighted by molar-refractivity contribution is -0.274. The zero-order valence-corrected chi connectivity index (χ0v) is 11.1. The third-order valence-corrected chi connectivity index (χ3v) is 2.52. The highest BCUT2D eigenvalue weighted by Gasteiger charge is 2.34. The summed E-state index contributed by atoms with van der Waals surface area (Å²) in [5.74, 6) is -0.857. The molecule has 0 bridgehead atoms. The number of alkyl halides is 3. The summed E-state index contributed by atoms with van der Waals surface area (Å²) in [6, 6.07) is 0.839. The molecule has 0 radical (unpaired) electrons. The molecule has 0 aliphatic carbocycles. The number of pyridine rings is 1. The van der Waals surface area contributed by atoms with E-state index in [0.29, 0.717) is 0 Å². The number of carbonyl (C=O) groups excluding carboxylic acids is 1. The van der Waals surface area contributed by atoms with Crippen molar-refractivity contribution < 1.29 is 27.4 Å². The zero-order valence-electron chi connectivity index (χ0n) is 8.14. The molecule has 0 unspecified atom stereocenters. The van der Waals surface area contributed by atoms with E-state index in [4.69, 9.17) is 11.6 Å². The van der Waals surface area contributed by atoms with Crippen LogP contribution in [-0.4, -0.2) is 23.7 Å². The van der Waals surface area contributed by atoms with Crippen LogP contribution in [-0.2, 0) is 0 Å². The van der Waals surface area contributed by atoms with Crippen LogP contribution >= 0.6 is 34.2 Å². The molecule has 94 valence electrons. The first-order valence-electron chi connectivity index (χ1n) is 3.94. The number of nitrogens with zero attached hydrogens (tertiary/aromatic N) is 1. The van der Waals surface area contributed by atoms with Gasteiger partial charge in [-0.2, -0.15) is 0 Å². The summed E-state index contributed by atoms with van der Waals surface area (Å²) in [6.45, 7) is 0. The molecule has 0 atom stereocenters. The van der Waals surface area contributed by atoms with Crippen molar-refractivity contribution >= 4 is 39.4 Å². The molecule has 0 aromatic carbocycles. The van der Waals surface area contributed by atoms with Crippen molar-refractivity contribution in [1.29, 1.82) is 0 Å². The molecule has 0 amide bonds. The summed E-state index contributed by atoms with van der Waals surface area (Å²) >= 11 is 6.72. The Bertz CT molecular complexity index is 452. The van der Waals surface area contributed by atoms with E-state index in [9.17, 15) is 18.0 Å². The van der Waals surface area contributed by atoms with Crippen LogP contribution in [0.5, 0.6) is 11.6 Å². The van der Waals surface area contributed by atoms with Gasteiger partial charge in [-0.1, -0.05) is 0 Å². The van der Waals surface area contributed by atoms with E-state index >= 15 is 0 Å². The minimum Gasteiger partial charge on any atom is -0.481 e. The van der Waals surface area contributed by atoms with Crippen molar-refractivity contribution in [3.8, 4) is 11.6 Å². The molecular weight excluding hydrogens is 377 g/mol. The Morgan fingerprint density at radius 1 is 1.53 bits per heavy atom. The minimum absolute atomic E-state index is 0.0406. The number of carbonyl (C=O) groups is 1. The van der Waals surface area contributed by atoms with Crippen LogP contribution in [0.15, 0.2) is 6.07 Å². The van der Waals surface area contributed by atoms with Gasteiger partial charge in [0.2, 0.25) is 5.88 Å². The molecule has 1 aromatic rings. The van der Waals surface area contributed by atoms with Gasteiger partial charge in [0.15, 0.2) is 0 Å². The number of hydrogen-bond acceptors (Lipinski definition) is 4. The summed E-state index contributed by atoms with van der Waals surface area (Å²) in [6.07, 6.45) is -4.93. The van der Waals surface area contributed by atoms with E-state index in [1.807, 2.05) is 0 Å². The van der Waals surface area contributed by atoms with Crippen molar-refractivity contribution in [3.63, 3.8) is 0 Å². The van der Waals surface area contributed by atoms with Crippen LogP contribution in [0, 0.1) is 3.70 Å². The van der Waals surface area contributed by atoms with Gasteiger partial charge in [-0.3, -0.25) is 4.79 Å². The van der Waals surface area contributed by atoms with Crippen molar-refractivity contribution in [3.05, 3.63) is 15.3 Å². The Morgan fingerprint density at radius 2 is 2.12 bits per heavy atom. The van der Waals surface area contributed by atoms with Crippen molar-refractivity contribution in [2.75, 3.05) is 7.11 Å². The summed E-state index contributed by atoms with van der Waals surface area (Å²) in [7, 11) is 1.22. The number of hydrogen-bond donors (Lipinski definition) is 0. The van der Waals surface area contributed by atoms with E-state index in [1.165, 1.54) is 7.11 Å². The third kappa shape index (κ3) is 3.87. The highest BCUT2D eigenvalue weighted by Crippen LogP contribution is 2.32. The molecule has 0 aliphatic rings. The number of methoxy groups -OCH3 is 1. The predicted octanol–water partition coefficient (Wildman–Crippen LogP) is 2.97. The molecule has 17 heavy (non-hydrogen) atoms. The Kier molecular flexibility index (Phi) is 4.42. The number of halogens is 5. The van der Waals surface area contributed by atoms with Crippen molar-refractivity contribution in [2.24, 2.45) is 0 Å². The molecule has 0 saturated carbocycles. The first-order chi connectivity index (χ1) is 7.74. The number of aromatic nitrogens is 1. The summed E-state index contributed by atoms with van der Waals surface area (Å²) in [5, 5.41) is -1.09. The van der Waals surface area contributed by atoms with Crippen LogP contribution in [0.2, 0.25) is 0 Å². The fourth-order valence-corrected chi connectivity index (χ4v) is 2.05. The zero-order chi connectivity index (χ0) is 13.2. The Balaban J connectivity index is 3.32. The van der Waals surface area contributed by atoms with Gasteiger partial charge < -0.3 is 9.47 Å². The minimum atomic E-state index is -4.93. The molecule has 0 spiro atoms. The maximum Gasteiger partial charge on any atom is 0.573 e. The highest BCUT2D eigenvalue weighted by atomic mass is 127. The Hall–Kier alpha value is -0.770. The van der Waals surface area contributed by atoms with E-state index in [0.717, 1.165) is 6.07 Å². The first kappa shape index (κ1) is 14.3. The van der Waals surface area contributed by atoms with E-state index in [2.05, 4.69) is 14.5 Å². The SMILES string of the molecule is COc1cc(OC(F)(F)F)c(C(=O)Cl)c(I)n1. The maximum absolute atomic E-state index is 12.1. The topological polar surface area (TPSA) is 48.4 Å². The monoisotopic (exact) mass is 381 g/mol. The summed E-state index contributed by atoms with van der Waals surface area (Å²) in [5.41, 5.74) is -0.453. The fourth-order valence-electron chi connectivity index (χ4n) is 0.959. The lowest BCUT2D eigenvalue weighted by Crippen LogP contribution is -2.19. The van der Waals surface area contributed by atoms with Gasteiger partial charge in [0.25, 0.3) is 5.24 Å². The maximum atomic E-state index is 12.1. The standard InChI is InChI=1S/C8H4ClF3INO3/c1-16-4-2-3(17-8(10,11)12)5(6(9)15)7(13)14-4/h2H,1H3. The van der Waals surface area contributed by atoms with Crippen LogP contribution in [0.4, 0.5) is 13.2 Å². The average molecular weight is 381 g/mol. The third-order valence-electron chi connectivity index (χ3n) is 1.55. The molecule has 1 heterocycles. The van der Waals surface area contributed by atoms with E-state index < -0.39 is 22.9 Å². The summed E-state index contributed by atoms with van der Waals surface area (Å²) in [4.78, 5) is 14.7. The molecule has 9 heteroatoms. The lowest BCUT2D eigenvalue weighted by Gasteiger charge is -2.13. The van der Waals surface area contributed by atoms with Gasteiger partial charge in [0.05, 0.1) is 7.11 Å². The number of rotatable bonds is 3. The quantitative estimate of drug-likeness (QED) is 0.459. The van der Waals surface area contributed by atoms with Crippen LogP contribution < -0.4 is 9.47 Å². The van der Waals surface area contributed by atoms with Gasteiger partial charge in [-0.25, -0.2) is 4.98 Å². The van der Waals surface area contributed by atoms with Gasteiger partial charge >= 0.3 is 6.36 Å². The Morgan fingerprint density at radius 3 is 2.53 bits per heavy atom. The highest BCUT2D eigenvalue weighted by molar-refractivity contribution is 14.1. The van der Waals surface area contributed by atoms with E-state index in [1.54, 1.807) is 22.6 Å². The van der Waals surface area contributed by atoms with Gasteiger partial charge in [-0.15, -0.1) is 13.2 Å². The van der Waals surface area contributed by atoms with E-state index in [-0.39, 0.29) is 9.58 Å². The molecule has 0 aliphatic heterocycles. The average Bonchev–Trinajstić information content (AvgIpc) is 2.13. The number of ether oxygens (including phenoxy) is 2. The molecule has 0 N–H and O–H groups in total. The molecule has 4 nitrogen and oxygen atoms in total. The second kappa shape index (κ2) is 5.25.